The van der Waals surface area contributed by atoms with Crippen molar-refractivity contribution >= 4 is 32.3 Å². The highest BCUT2D eigenvalue weighted by Crippen LogP contribution is 2.41. The minimum Gasteiger partial charge on any atom is -0.507 e. The van der Waals surface area contributed by atoms with Crippen molar-refractivity contribution in [1.82, 2.24) is 15.0 Å². The average Bonchev–Trinajstić information content (AvgIpc) is 2.86. The molecule has 0 amide bonds. The van der Waals surface area contributed by atoms with Gasteiger partial charge < -0.3 is 19.7 Å². The molecule has 6 rings (SSSR count). The summed E-state index contributed by atoms with van der Waals surface area (Å²) in [4.78, 5) is 13.4. The zero-order valence-electron chi connectivity index (χ0n) is 18.4. The van der Waals surface area contributed by atoms with Crippen molar-refractivity contribution in [2.75, 3.05) is 14.2 Å². The molecule has 7 heteroatoms. The zero-order chi connectivity index (χ0) is 23.4. The number of phenolic OH excluding ortho intramolecular Hbond substituents is 2. The largest absolute Gasteiger partial charge is 0.507 e. The summed E-state index contributed by atoms with van der Waals surface area (Å²) in [5, 5.41) is 27.9. The van der Waals surface area contributed by atoms with Crippen LogP contribution in [0, 0.1) is 0 Å². The fourth-order valence-corrected chi connectivity index (χ4v) is 4.54. The molecule has 0 aliphatic rings. The topological polar surface area (TPSA) is 97.6 Å². The van der Waals surface area contributed by atoms with E-state index in [4.69, 9.17) is 9.47 Å². The van der Waals surface area contributed by atoms with Gasteiger partial charge in [0.25, 0.3) is 0 Å². The molecular weight excluding hydrogens is 430 g/mol. The number of hydrogen-bond acceptors (Lipinski definition) is 7. The number of benzene rings is 5. The molecule has 6 aromatic rings. The van der Waals surface area contributed by atoms with Crippen LogP contribution in [0.3, 0.4) is 0 Å². The number of rotatable bonds is 4. The van der Waals surface area contributed by atoms with E-state index in [1.807, 2.05) is 12.1 Å². The summed E-state index contributed by atoms with van der Waals surface area (Å²) in [7, 11) is 2.91. The van der Waals surface area contributed by atoms with Gasteiger partial charge in [0.05, 0.1) is 14.2 Å². The molecule has 1 aromatic heterocycles. The lowest BCUT2D eigenvalue weighted by Gasteiger charge is -2.14. The number of nitrogens with zero attached hydrogens (tertiary/aromatic N) is 3. The lowest BCUT2D eigenvalue weighted by atomic mass is 9.92. The highest BCUT2D eigenvalue weighted by molar-refractivity contribution is 6.25. The highest BCUT2D eigenvalue weighted by Gasteiger charge is 2.20. The zero-order valence-corrected chi connectivity index (χ0v) is 18.4. The lowest BCUT2D eigenvalue weighted by molar-refractivity contribution is 0.379. The van der Waals surface area contributed by atoms with Crippen molar-refractivity contribution in [3.63, 3.8) is 0 Å². The number of methoxy groups -OCH3 is 2. The van der Waals surface area contributed by atoms with E-state index in [0.717, 1.165) is 32.5 Å². The van der Waals surface area contributed by atoms with Gasteiger partial charge in [0.15, 0.2) is 11.6 Å². The van der Waals surface area contributed by atoms with Crippen molar-refractivity contribution < 1.29 is 19.7 Å². The monoisotopic (exact) mass is 449 g/mol. The summed E-state index contributed by atoms with van der Waals surface area (Å²) in [6.07, 6.45) is 0. The molecule has 0 saturated carbocycles. The van der Waals surface area contributed by atoms with E-state index < -0.39 is 0 Å². The molecule has 0 radical (unpaired) electrons. The number of aromatic hydroxyl groups is 2. The Bertz CT molecular complexity index is 1680. The normalized spacial score (nSPS) is 11.5. The second-order valence-corrected chi connectivity index (χ2v) is 7.98. The molecule has 0 aliphatic carbocycles. The smallest absolute Gasteiger partial charge is 0.320 e. The van der Waals surface area contributed by atoms with Crippen LogP contribution >= 0.6 is 0 Å². The summed E-state index contributed by atoms with van der Waals surface area (Å²) in [5.74, 6) is 0.337. The molecule has 7 nitrogen and oxygen atoms in total. The molecule has 0 spiro atoms. The SMILES string of the molecule is COc1cc(O)c(-c2nc(OC)nc(-c3ccc4ccc5cccc6ccc3c4c56)n2)c(O)c1. The molecule has 0 bridgehead atoms. The predicted octanol–water partition coefficient (Wildman–Crippen LogP) is 5.53. The van der Waals surface area contributed by atoms with Gasteiger partial charge in [-0.25, -0.2) is 4.98 Å². The summed E-state index contributed by atoms with van der Waals surface area (Å²) in [6.45, 7) is 0. The van der Waals surface area contributed by atoms with Crippen molar-refractivity contribution in [3.05, 3.63) is 66.7 Å². The third-order valence-electron chi connectivity index (χ3n) is 6.10. The van der Waals surface area contributed by atoms with Crippen LogP contribution < -0.4 is 9.47 Å². The fourth-order valence-electron chi connectivity index (χ4n) is 4.54. The van der Waals surface area contributed by atoms with E-state index in [1.54, 1.807) is 0 Å². The quantitative estimate of drug-likeness (QED) is 0.341. The molecular formula is C27H19N3O4. The Morgan fingerprint density at radius 2 is 1.26 bits per heavy atom. The van der Waals surface area contributed by atoms with Crippen molar-refractivity contribution in [3.8, 4) is 46.0 Å². The van der Waals surface area contributed by atoms with Gasteiger partial charge >= 0.3 is 6.01 Å². The van der Waals surface area contributed by atoms with Crippen LogP contribution in [0.15, 0.2) is 66.7 Å². The summed E-state index contributed by atoms with van der Waals surface area (Å²) in [6, 6.07) is 21.5. The highest BCUT2D eigenvalue weighted by atomic mass is 16.5. The molecule has 166 valence electrons. The number of aromatic nitrogens is 3. The van der Waals surface area contributed by atoms with Crippen molar-refractivity contribution in [1.29, 1.82) is 0 Å². The minimum absolute atomic E-state index is 0.0697. The maximum atomic E-state index is 10.6. The molecule has 0 fully saturated rings. The van der Waals surface area contributed by atoms with E-state index >= 15 is 0 Å². The van der Waals surface area contributed by atoms with Gasteiger partial charge in [0.2, 0.25) is 0 Å². The van der Waals surface area contributed by atoms with Crippen molar-refractivity contribution in [2.24, 2.45) is 0 Å². The molecule has 0 unspecified atom stereocenters. The van der Waals surface area contributed by atoms with E-state index in [-0.39, 0.29) is 28.9 Å². The molecule has 0 atom stereocenters. The first kappa shape index (κ1) is 20.0. The van der Waals surface area contributed by atoms with Crippen LogP contribution in [-0.2, 0) is 0 Å². The Morgan fingerprint density at radius 1 is 0.647 bits per heavy atom. The van der Waals surface area contributed by atoms with Gasteiger partial charge in [-0.15, -0.1) is 0 Å². The van der Waals surface area contributed by atoms with Gasteiger partial charge in [-0.05, 0) is 38.4 Å². The van der Waals surface area contributed by atoms with Crippen LogP contribution in [-0.4, -0.2) is 39.4 Å². The first-order valence-corrected chi connectivity index (χ1v) is 10.6. The van der Waals surface area contributed by atoms with Crippen LogP contribution in [0.2, 0.25) is 0 Å². The molecule has 5 aromatic carbocycles. The van der Waals surface area contributed by atoms with Crippen LogP contribution in [0.25, 0.3) is 55.1 Å². The maximum Gasteiger partial charge on any atom is 0.320 e. The van der Waals surface area contributed by atoms with Gasteiger partial charge in [0.1, 0.15) is 22.8 Å². The van der Waals surface area contributed by atoms with Gasteiger partial charge in [-0.2, -0.15) is 9.97 Å². The van der Waals surface area contributed by atoms with E-state index in [9.17, 15) is 10.2 Å². The molecule has 0 saturated heterocycles. The summed E-state index contributed by atoms with van der Waals surface area (Å²) < 4.78 is 10.4. The Hall–Kier alpha value is -4.65. The lowest BCUT2D eigenvalue weighted by Crippen LogP contribution is -2.01. The Balaban J connectivity index is 1.63. The maximum absolute atomic E-state index is 10.6. The van der Waals surface area contributed by atoms with Crippen LogP contribution in [0.4, 0.5) is 0 Å². The average molecular weight is 449 g/mol. The predicted molar refractivity (Wildman–Crippen MR) is 131 cm³/mol. The molecule has 0 aliphatic heterocycles. The first-order chi connectivity index (χ1) is 16.6. The first-order valence-electron chi connectivity index (χ1n) is 10.6. The van der Waals surface area contributed by atoms with Crippen LogP contribution in [0.1, 0.15) is 0 Å². The Labute approximate surface area is 194 Å². The summed E-state index contributed by atoms with van der Waals surface area (Å²) in [5.41, 5.74) is 0.862. The standard InChI is InChI=1S/C27H19N3O4/c1-33-17-12-20(31)24(21(32)13-17)26-28-25(29-27(30-26)34-2)19-11-9-16-7-6-14-4-3-5-15-8-10-18(19)23(16)22(14)15/h3-13,31-32H,1-2H3. The number of hydrogen-bond donors (Lipinski definition) is 2. The van der Waals surface area contributed by atoms with Crippen molar-refractivity contribution in [2.45, 2.75) is 0 Å². The van der Waals surface area contributed by atoms with Gasteiger partial charge in [-0.3, -0.25) is 0 Å². The molecule has 1 heterocycles. The fraction of sp³-hybridized carbons (Fsp3) is 0.0741. The number of ether oxygens (including phenoxy) is 2. The van der Waals surface area contributed by atoms with E-state index in [2.05, 4.69) is 57.4 Å². The third-order valence-corrected chi connectivity index (χ3v) is 6.10. The second kappa shape index (κ2) is 7.45. The van der Waals surface area contributed by atoms with Gasteiger partial charge in [0, 0.05) is 17.7 Å². The van der Waals surface area contributed by atoms with Gasteiger partial charge in [-0.1, -0.05) is 48.5 Å². The van der Waals surface area contributed by atoms with Crippen LogP contribution in [0.5, 0.6) is 23.3 Å². The molecule has 2 N–H and O–H groups in total. The van der Waals surface area contributed by atoms with E-state index in [1.165, 1.54) is 31.7 Å². The Kier molecular flexibility index (Phi) is 4.38. The molecule has 34 heavy (non-hydrogen) atoms. The number of phenols is 2. The second-order valence-electron chi connectivity index (χ2n) is 7.98. The Morgan fingerprint density at radius 3 is 1.94 bits per heavy atom. The third kappa shape index (κ3) is 2.94. The minimum atomic E-state index is -0.216. The van der Waals surface area contributed by atoms with E-state index in [0.29, 0.717) is 11.6 Å². The summed E-state index contributed by atoms with van der Waals surface area (Å²) >= 11 is 0.